The number of H-pyrrole nitrogens is 1. The van der Waals surface area contributed by atoms with Gasteiger partial charge in [0.1, 0.15) is 18.2 Å². The second-order valence-corrected chi connectivity index (χ2v) is 5.62. The Morgan fingerprint density at radius 3 is 2.64 bits per heavy atom. The SMILES string of the molecule is CN(CCOc1ccc(F)cc1)C(=O)c1cc(=O)[nH]c2ccccc12. The zero-order valence-corrected chi connectivity index (χ0v) is 13.7. The minimum absolute atomic E-state index is 0.259. The lowest BCUT2D eigenvalue weighted by molar-refractivity contribution is 0.0775. The molecule has 0 unspecified atom stereocenters. The number of nitrogens with one attached hydrogen (secondary N) is 1. The quantitative estimate of drug-likeness (QED) is 0.777. The van der Waals surface area contributed by atoms with E-state index in [0.29, 0.717) is 28.8 Å². The predicted octanol–water partition coefficient (Wildman–Crippen LogP) is 2.82. The highest BCUT2D eigenvalue weighted by atomic mass is 19.1. The maximum absolute atomic E-state index is 12.9. The summed E-state index contributed by atoms with van der Waals surface area (Å²) in [5, 5.41) is 0.693. The number of halogens is 1. The van der Waals surface area contributed by atoms with Crippen LogP contribution in [0.2, 0.25) is 0 Å². The Kier molecular flexibility index (Phi) is 4.79. The Hall–Kier alpha value is -3.15. The number of nitrogens with zero attached hydrogens (tertiary/aromatic N) is 1. The lowest BCUT2D eigenvalue weighted by Gasteiger charge is -2.18. The van der Waals surface area contributed by atoms with Crippen molar-refractivity contribution >= 4 is 16.8 Å². The van der Waals surface area contributed by atoms with E-state index in [1.807, 2.05) is 6.07 Å². The van der Waals surface area contributed by atoms with Crippen LogP contribution in [0.1, 0.15) is 10.4 Å². The van der Waals surface area contributed by atoms with Gasteiger partial charge in [-0.2, -0.15) is 0 Å². The van der Waals surface area contributed by atoms with Gasteiger partial charge in [-0.1, -0.05) is 18.2 Å². The first-order valence-corrected chi connectivity index (χ1v) is 7.80. The van der Waals surface area contributed by atoms with E-state index in [0.717, 1.165) is 0 Å². The molecule has 0 spiro atoms. The van der Waals surface area contributed by atoms with Gasteiger partial charge in [-0.15, -0.1) is 0 Å². The molecule has 1 N–H and O–H groups in total. The van der Waals surface area contributed by atoms with Crippen LogP contribution < -0.4 is 10.3 Å². The van der Waals surface area contributed by atoms with Crippen molar-refractivity contribution in [2.24, 2.45) is 0 Å². The summed E-state index contributed by atoms with van der Waals surface area (Å²) in [4.78, 5) is 28.6. The summed E-state index contributed by atoms with van der Waals surface area (Å²) < 4.78 is 18.4. The van der Waals surface area contributed by atoms with Crippen molar-refractivity contribution in [1.29, 1.82) is 0 Å². The minimum Gasteiger partial charge on any atom is -0.492 e. The molecule has 0 fully saturated rings. The molecule has 0 bridgehead atoms. The number of rotatable bonds is 5. The molecule has 5 nitrogen and oxygen atoms in total. The number of aromatic amines is 1. The van der Waals surface area contributed by atoms with E-state index in [-0.39, 0.29) is 23.9 Å². The van der Waals surface area contributed by atoms with Crippen molar-refractivity contribution in [3.8, 4) is 5.75 Å². The van der Waals surface area contributed by atoms with E-state index in [2.05, 4.69) is 4.98 Å². The molecule has 128 valence electrons. The molecule has 1 heterocycles. The normalized spacial score (nSPS) is 10.6. The lowest BCUT2D eigenvalue weighted by atomic mass is 10.1. The summed E-state index contributed by atoms with van der Waals surface area (Å²) in [7, 11) is 1.65. The molecule has 2 aromatic carbocycles. The van der Waals surface area contributed by atoms with Crippen molar-refractivity contribution in [3.63, 3.8) is 0 Å². The molecule has 0 radical (unpaired) electrons. The fraction of sp³-hybridized carbons (Fsp3) is 0.158. The third-order valence-corrected chi connectivity index (χ3v) is 3.84. The van der Waals surface area contributed by atoms with Gasteiger partial charge in [0.2, 0.25) is 5.56 Å². The number of benzene rings is 2. The first kappa shape index (κ1) is 16.7. The van der Waals surface area contributed by atoms with Crippen LogP contribution in [0.5, 0.6) is 5.75 Å². The molecule has 0 aliphatic heterocycles. The second kappa shape index (κ2) is 7.17. The Morgan fingerprint density at radius 1 is 1.16 bits per heavy atom. The van der Waals surface area contributed by atoms with Gasteiger partial charge < -0.3 is 14.6 Å². The molecular weight excluding hydrogens is 323 g/mol. The number of carbonyl (C=O) groups excluding carboxylic acids is 1. The third-order valence-electron chi connectivity index (χ3n) is 3.84. The predicted molar refractivity (Wildman–Crippen MR) is 93.4 cm³/mol. The molecule has 25 heavy (non-hydrogen) atoms. The molecule has 3 aromatic rings. The monoisotopic (exact) mass is 340 g/mol. The van der Waals surface area contributed by atoms with E-state index in [4.69, 9.17) is 4.74 Å². The van der Waals surface area contributed by atoms with Gasteiger partial charge in [0, 0.05) is 24.0 Å². The number of amides is 1. The van der Waals surface area contributed by atoms with Gasteiger partial charge in [0.15, 0.2) is 0 Å². The van der Waals surface area contributed by atoms with Gasteiger partial charge >= 0.3 is 0 Å². The van der Waals surface area contributed by atoms with Crippen LogP contribution in [0.4, 0.5) is 4.39 Å². The number of carbonyl (C=O) groups is 1. The van der Waals surface area contributed by atoms with Gasteiger partial charge in [-0.3, -0.25) is 9.59 Å². The average molecular weight is 340 g/mol. The van der Waals surface area contributed by atoms with E-state index in [9.17, 15) is 14.0 Å². The summed E-state index contributed by atoms with van der Waals surface area (Å²) in [6, 6.07) is 14.2. The maximum Gasteiger partial charge on any atom is 0.254 e. The van der Waals surface area contributed by atoms with Crippen LogP contribution in [0, 0.1) is 5.82 Å². The molecule has 3 rings (SSSR count). The topological polar surface area (TPSA) is 62.4 Å². The van der Waals surface area contributed by atoms with E-state index >= 15 is 0 Å². The highest BCUT2D eigenvalue weighted by Gasteiger charge is 2.16. The van der Waals surface area contributed by atoms with Gasteiger partial charge in [0.05, 0.1) is 12.1 Å². The first-order valence-electron chi connectivity index (χ1n) is 7.80. The summed E-state index contributed by atoms with van der Waals surface area (Å²) in [6.45, 7) is 0.590. The molecule has 1 amide bonds. The number of para-hydroxylation sites is 1. The fourth-order valence-corrected chi connectivity index (χ4v) is 2.52. The number of likely N-dealkylation sites (N-methyl/N-ethyl adjacent to an activating group) is 1. The summed E-state index contributed by atoms with van der Waals surface area (Å²) in [5.41, 5.74) is 0.649. The highest BCUT2D eigenvalue weighted by Crippen LogP contribution is 2.16. The maximum atomic E-state index is 12.9. The van der Waals surface area contributed by atoms with Crippen molar-refractivity contribution in [3.05, 3.63) is 76.3 Å². The van der Waals surface area contributed by atoms with Crippen LogP contribution in [0.25, 0.3) is 10.9 Å². The van der Waals surface area contributed by atoms with Crippen LogP contribution in [-0.4, -0.2) is 36.0 Å². The molecule has 0 atom stereocenters. The van der Waals surface area contributed by atoms with Gasteiger partial charge in [-0.05, 0) is 30.3 Å². The zero-order valence-electron chi connectivity index (χ0n) is 13.7. The smallest absolute Gasteiger partial charge is 0.254 e. The number of aromatic nitrogens is 1. The average Bonchev–Trinajstić information content (AvgIpc) is 2.62. The van der Waals surface area contributed by atoms with E-state index in [1.54, 1.807) is 25.2 Å². The molecular formula is C19H17FN2O3. The Bertz CT molecular complexity index is 951. The molecule has 1 aromatic heterocycles. The Morgan fingerprint density at radius 2 is 1.88 bits per heavy atom. The molecule has 0 aliphatic carbocycles. The summed E-state index contributed by atoms with van der Waals surface area (Å²) >= 11 is 0. The summed E-state index contributed by atoms with van der Waals surface area (Å²) in [5.74, 6) is -0.0605. The van der Waals surface area contributed by atoms with Crippen LogP contribution in [0.15, 0.2) is 59.4 Å². The van der Waals surface area contributed by atoms with Gasteiger partial charge in [-0.25, -0.2) is 4.39 Å². The van der Waals surface area contributed by atoms with Crippen LogP contribution in [0.3, 0.4) is 0 Å². The molecule has 0 saturated carbocycles. The number of fused-ring (bicyclic) bond motifs is 1. The standard InChI is InChI=1S/C19H17FN2O3/c1-22(10-11-25-14-8-6-13(20)7-9-14)19(24)16-12-18(23)21-17-5-3-2-4-15(16)17/h2-9,12H,10-11H2,1H3,(H,21,23). The Balaban J connectivity index is 1.70. The van der Waals surface area contributed by atoms with Crippen LogP contribution >= 0.6 is 0 Å². The number of hydrogen-bond donors (Lipinski definition) is 1. The van der Waals surface area contributed by atoms with Crippen molar-refractivity contribution in [2.75, 3.05) is 20.2 Å². The second-order valence-electron chi connectivity index (χ2n) is 5.62. The summed E-state index contributed by atoms with van der Waals surface area (Å²) in [6.07, 6.45) is 0. The molecule has 6 heteroatoms. The van der Waals surface area contributed by atoms with E-state index in [1.165, 1.54) is 35.2 Å². The molecule has 0 saturated heterocycles. The minimum atomic E-state index is -0.333. The first-order chi connectivity index (χ1) is 12.0. The fourth-order valence-electron chi connectivity index (χ4n) is 2.52. The van der Waals surface area contributed by atoms with Crippen LogP contribution in [-0.2, 0) is 0 Å². The zero-order chi connectivity index (χ0) is 17.8. The Labute approximate surface area is 143 Å². The highest BCUT2D eigenvalue weighted by molar-refractivity contribution is 6.05. The van der Waals surface area contributed by atoms with E-state index < -0.39 is 0 Å². The largest absolute Gasteiger partial charge is 0.492 e. The van der Waals surface area contributed by atoms with Crippen molar-refractivity contribution < 1.29 is 13.9 Å². The van der Waals surface area contributed by atoms with Crippen molar-refractivity contribution in [1.82, 2.24) is 9.88 Å². The number of ether oxygens (including phenoxy) is 1. The van der Waals surface area contributed by atoms with Crippen molar-refractivity contribution in [2.45, 2.75) is 0 Å². The third kappa shape index (κ3) is 3.85. The molecule has 0 aliphatic rings. The lowest BCUT2D eigenvalue weighted by Crippen LogP contribution is -2.31. The number of pyridine rings is 1. The van der Waals surface area contributed by atoms with Gasteiger partial charge in [0.25, 0.3) is 5.91 Å². The number of hydrogen-bond acceptors (Lipinski definition) is 3.